The molecule has 16 heavy (non-hydrogen) atoms. The molecular weight excluding hydrogens is 226 g/mol. The van der Waals surface area contributed by atoms with Gasteiger partial charge in [0.15, 0.2) is 0 Å². The highest BCUT2D eigenvalue weighted by Gasteiger charge is 2.09. The van der Waals surface area contributed by atoms with E-state index >= 15 is 0 Å². The third-order valence-corrected chi connectivity index (χ3v) is 2.99. The maximum absolute atomic E-state index is 11.4. The van der Waals surface area contributed by atoms with Gasteiger partial charge in [0, 0.05) is 5.41 Å². The molecule has 1 aromatic rings. The minimum Gasteiger partial charge on any atom is -0.302 e. The van der Waals surface area contributed by atoms with Crippen molar-refractivity contribution in [3.8, 4) is 0 Å². The first kappa shape index (κ1) is 12.6. The number of carbonyl (C=O) groups excluding carboxylic acids is 1. The molecule has 0 heterocycles. The Morgan fingerprint density at radius 2 is 1.88 bits per heavy atom. The third-order valence-electron chi connectivity index (χ3n) is 1.79. The molecule has 0 saturated carbocycles. The van der Waals surface area contributed by atoms with Crippen LogP contribution in [0.15, 0.2) is 35.7 Å². The molecule has 86 valence electrons. The van der Waals surface area contributed by atoms with Crippen molar-refractivity contribution in [1.82, 2.24) is 4.72 Å². The van der Waals surface area contributed by atoms with E-state index in [-0.39, 0.29) is 0 Å². The van der Waals surface area contributed by atoms with Gasteiger partial charge in [-0.2, -0.15) is 0 Å². The van der Waals surface area contributed by atoms with Crippen LogP contribution in [0.3, 0.4) is 0 Å². The molecule has 0 radical (unpaired) electrons. The van der Waals surface area contributed by atoms with Crippen molar-refractivity contribution in [2.24, 2.45) is 0 Å². The summed E-state index contributed by atoms with van der Waals surface area (Å²) >= 11 is 0. The number of nitrogens with one attached hydrogen (secondary N) is 1. The molecule has 0 aromatic heterocycles. The lowest BCUT2D eigenvalue weighted by Gasteiger charge is -2.03. The highest BCUT2D eigenvalue weighted by molar-refractivity contribution is 7.92. The summed E-state index contributed by atoms with van der Waals surface area (Å²) in [5.41, 5.74) is 0.784. The Labute approximate surface area is 95.0 Å². The molecule has 0 aliphatic rings. The average Bonchev–Trinajstić information content (AvgIpc) is 2.27. The Morgan fingerprint density at radius 1 is 1.25 bits per heavy atom. The molecule has 1 rings (SSSR count). The Kier molecular flexibility index (Phi) is 4.39. The Balaban J connectivity index is 2.73. The van der Waals surface area contributed by atoms with E-state index in [4.69, 9.17) is 0 Å². The van der Waals surface area contributed by atoms with Gasteiger partial charge >= 0.3 is 0 Å². The van der Waals surface area contributed by atoms with Crippen molar-refractivity contribution in [2.45, 2.75) is 13.0 Å². The van der Waals surface area contributed by atoms with Crippen LogP contribution in [0.4, 0.5) is 0 Å². The van der Waals surface area contributed by atoms with E-state index in [1.165, 1.54) is 13.0 Å². The van der Waals surface area contributed by atoms with Gasteiger partial charge in [0.1, 0.15) is 6.29 Å². The lowest BCUT2D eigenvalue weighted by atomic mass is 10.2. The second-order valence-corrected chi connectivity index (χ2v) is 4.90. The number of benzene rings is 1. The first-order valence-electron chi connectivity index (χ1n) is 4.74. The fourth-order valence-corrected chi connectivity index (χ4v) is 2.05. The quantitative estimate of drug-likeness (QED) is 0.784. The van der Waals surface area contributed by atoms with Gasteiger partial charge in [-0.25, -0.2) is 13.1 Å². The standard InChI is InChI=1S/C11H13NO3S/c1-10(9-13)12-16(14,15)8-7-11-5-3-2-4-6-11/h2-10,12H,1H3/b8-7+/t10-/m0/s1. The van der Waals surface area contributed by atoms with Gasteiger partial charge in [0.2, 0.25) is 10.0 Å². The van der Waals surface area contributed by atoms with Crippen molar-refractivity contribution >= 4 is 22.4 Å². The Bertz CT molecular complexity index is 465. The van der Waals surface area contributed by atoms with Crippen LogP contribution in [0.25, 0.3) is 6.08 Å². The molecule has 0 amide bonds. The molecule has 0 aliphatic heterocycles. The number of rotatable bonds is 5. The molecule has 0 spiro atoms. The highest BCUT2D eigenvalue weighted by Crippen LogP contribution is 2.02. The molecule has 1 N–H and O–H groups in total. The SMILES string of the molecule is C[C@@H](C=O)NS(=O)(=O)/C=C/c1ccccc1. The summed E-state index contributed by atoms with van der Waals surface area (Å²) in [6.07, 6.45) is 2.01. The number of sulfonamides is 1. The molecular formula is C11H13NO3S. The zero-order valence-electron chi connectivity index (χ0n) is 8.83. The van der Waals surface area contributed by atoms with E-state index < -0.39 is 16.1 Å². The van der Waals surface area contributed by atoms with Gasteiger partial charge in [-0.3, -0.25) is 0 Å². The maximum atomic E-state index is 11.4. The lowest BCUT2D eigenvalue weighted by molar-refractivity contribution is -0.108. The fraction of sp³-hybridized carbons (Fsp3) is 0.182. The van der Waals surface area contributed by atoms with Gasteiger partial charge < -0.3 is 4.79 Å². The average molecular weight is 239 g/mol. The largest absolute Gasteiger partial charge is 0.302 e. The zero-order valence-corrected chi connectivity index (χ0v) is 9.65. The van der Waals surface area contributed by atoms with Crippen molar-refractivity contribution in [2.75, 3.05) is 0 Å². The summed E-state index contributed by atoms with van der Waals surface area (Å²) in [7, 11) is -3.55. The monoisotopic (exact) mass is 239 g/mol. The molecule has 0 bridgehead atoms. The summed E-state index contributed by atoms with van der Waals surface area (Å²) in [5, 5.41) is 1.04. The summed E-state index contributed by atoms with van der Waals surface area (Å²) in [6.45, 7) is 1.47. The van der Waals surface area contributed by atoms with E-state index in [0.717, 1.165) is 11.0 Å². The number of carbonyl (C=O) groups is 1. The molecule has 4 nitrogen and oxygen atoms in total. The smallest absolute Gasteiger partial charge is 0.234 e. The summed E-state index contributed by atoms with van der Waals surface area (Å²) in [4.78, 5) is 10.3. The van der Waals surface area contributed by atoms with Crippen LogP contribution >= 0.6 is 0 Å². The minimum absolute atomic E-state index is 0.536. The molecule has 5 heteroatoms. The van der Waals surface area contributed by atoms with E-state index in [0.29, 0.717) is 6.29 Å². The van der Waals surface area contributed by atoms with Crippen LogP contribution in [0.2, 0.25) is 0 Å². The van der Waals surface area contributed by atoms with Crippen LogP contribution in [0, 0.1) is 0 Å². The van der Waals surface area contributed by atoms with E-state index in [1.807, 2.05) is 18.2 Å². The summed E-state index contributed by atoms with van der Waals surface area (Å²) in [6, 6.07) is 8.33. The maximum Gasteiger partial charge on any atom is 0.234 e. The third kappa shape index (κ3) is 4.37. The number of hydrogen-bond acceptors (Lipinski definition) is 3. The van der Waals surface area contributed by atoms with Crippen LogP contribution in [-0.2, 0) is 14.8 Å². The number of aldehydes is 1. The second-order valence-electron chi connectivity index (χ2n) is 3.30. The van der Waals surface area contributed by atoms with Crippen LogP contribution in [0.1, 0.15) is 12.5 Å². The van der Waals surface area contributed by atoms with Gasteiger partial charge in [0.05, 0.1) is 6.04 Å². The van der Waals surface area contributed by atoms with Crippen LogP contribution < -0.4 is 4.72 Å². The van der Waals surface area contributed by atoms with E-state index in [1.54, 1.807) is 12.1 Å². The minimum atomic E-state index is -3.55. The summed E-state index contributed by atoms with van der Waals surface area (Å²) < 4.78 is 25.0. The van der Waals surface area contributed by atoms with Crippen LogP contribution in [0.5, 0.6) is 0 Å². The fourth-order valence-electron chi connectivity index (χ4n) is 1.06. The Hall–Kier alpha value is -1.46. The van der Waals surface area contributed by atoms with Gasteiger partial charge in [-0.15, -0.1) is 0 Å². The topological polar surface area (TPSA) is 63.2 Å². The second kappa shape index (κ2) is 5.58. The van der Waals surface area contributed by atoms with Crippen molar-refractivity contribution in [1.29, 1.82) is 0 Å². The van der Waals surface area contributed by atoms with E-state index in [2.05, 4.69) is 4.72 Å². The summed E-state index contributed by atoms with van der Waals surface area (Å²) in [5.74, 6) is 0. The predicted molar refractivity (Wildman–Crippen MR) is 63.1 cm³/mol. The lowest BCUT2D eigenvalue weighted by Crippen LogP contribution is -2.31. The van der Waals surface area contributed by atoms with Crippen molar-refractivity contribution < 1.29 is 13.2 Å². The van der Waals surface area contributed by atoms with Crippen molar-refractivity contribution in [3.05, 3.63) is 41.3 Å². The number of hydrogen-bond donors (Lipinski definition) is 1. The highest BCUT2D eigenvalue weighted by atomic mass is 32.2. The molecule has 1 aromatic carbocycles. The molecule has 0 saturated heterocycles. The van der Waals surface area contributed by atoms with Crippen molar-refractivity contribution in [3.63, 3.8) is 0 Å². The zero-order chi connectivity index (χ0) is 12.0. The Morgan fingerprint density at radius 3 is 2.44 bits per heavy atom. The molecule has 0 aliphatic carbocycles. The normalized spacial score (nSPS) is 13.8. The first-order valence-corrected chi connectivity index (χ1v) is 6.29. The van der Waals surface area contributed by atoms with Crippen LogP contribution in [-0.4, -0.2) is 20.7 Å². The molecule has 0 unspecified atom stereocenters. The van der Waals surface area contributed by atoms with E-state index in [9.17, 15) is 13.2 Å². The van der Waals surface area contributed by atoms with Gasteiger partial charge in [-0.05, 0) is 18.6 Å². The molecule has 0 fully saturated rings. The predicted octanol–water partition coefficient (Wildman–Crippen LogP) is 1.16. The molecule has 1 atom stereocenters. The van der Waals surface area contributed by atoms with Gasteiger partial charge in [0.25, 0.3) is 0 Å². The first-order chi connectivity index (χ1) is 7.53. The van der Waals surface area contributed by atoms with Gasteiger partial charge in [-0.1, -0.05) is 30.3 Å².